The van der Waals surface area contributed by atoms with Crippen LogP contribution >= 0.6 is 0 Å². The van der Waals surface area contributed by atoms with Crippen LogP contribution in [0.4, 0.5) is 11.6 Å². The molecule has 0 unspecified atom stereocenters. The largest absolute Gasteiger partial charge is 0.382 e. The highest BCUT2D eigenvalue weighted by molar-refractivity contribution is 5.61. The van der Waals surface area contributed by atoms with E-state index in [0.29, 0.717) is 5.82 Å². The van der Waals surface area contributed by atoms with Crippen LogP contribution in [-0.2, 0) is 0 Å². The number of nitrogens with one attached hydrogen (secondary N) is 1. The fraction of sp³-hybridized carbons (Fsp3) is 0.167. The Morgan fingerprint density at radius 3 is 2.82 bits per heavy atom. The first kappa shape index (κ1) is 7.28. The lowest BCUT2D eigenvalue weighted by molar-refractivity contribution is 1.15. The molecule has 0 aromatic carbocycles. The Kier molecular flexibility index (Phi) is 1.88. The van der Waals surface area contributed by atoms with Gasteiger partial charge in [-0.15, -0.1) is 0 Å². The van der Waals surface area contributed by atoms with Crippen molar-refractivity contribution in [2.45, 2.75) is 0 Å². The summed E-state index contributed by atoms with van der Waals surface area (Å²) in [6, 6.07) is 1.90. The van der Waals surface area contributed by atoms with Crippen LogP contribution in [0.3, 0.4) is 0 Å². The second-order valence-corrected chi connectivity index (χ2v) is 1.84. The Morgan fingerprint density at radius 2 is 2.36 bits per heavy atom. The van der Waals surface area contributed by atoms with Crippen LogP contribution in [0.5, 0.6) is 0 Å². The van der Waals surface area contributed by atoms with Gasteiger partial charge in [0.05, 0.1) is 0 Å². The van der Waals surface area contributed by atoms with Crippen molar-refractivity contribution in [3.63, 3.8) is 0 Å². The van der Waals surface area contributed by atoms with Crippen molar-refractivity contribution in [3.05, 3.63) is 11.9 Å². The summed E-state index contributed by atoms with van der Waals surface area (Å²) in [5.74, 6) is 0.659. The average molecular weight is 149 g/mol. The molecule has 56 valence electrons. The molecule has 3 N–H and O–H groups in total. The predicted octanol–water partition coefficient (Wildman–Crippen LogP) is -0.0278. The zero-order valence-electron chi connectivity index (χ0n) is 6.00. The third-order valence-corrected chi connectivity index (χ3v) is 1.23. The van der Waals surface area contributed by atoms with Crippen LogP contribution in [0.15, 0.2) is 6.33 Å². The Labute approximate surface area is 63.9 Å². The Hall–Kier alpha value is -1.83. The Bertz CT molecular complexity index is 300. The molecule has 1 rings (SSSR count). The van der Waals surface area contributed by atoms with Crippen molar-refractivity contribution < 1.29 is 0 Å². The minimum Gasteiger partial charge on any atom is -0.382 e. The van der Waals surface area contributed by atoms with Gasteiger partial charge in [-0.2, -0.15) is 5.26 Å². The molecule has 0 bridgehead atoms. The first-order valence-corrected chi connectivity index (χ1v) is 2.98. The maximum atomic E-state index is 8.58. The standard InChI is InChI=1S/C6H7N5/c1-9-6-4(2-7)5(8)10-3-11-6/h3H,1H3,(H3,8,9,10,11). The Morgan fingerprint density at radius 1 is 1.64 bits per heavy atom. The summed E-state index contributed by atoms with van der Waals surface area (Å²) < 4.78 is 0. The molecular formula is C6H7N5. The van der Waals surface area contributed by atoms with Gasteiger partial charge in [0.2, 0.25) is 0 Å². The zero-order chi connectivity index (χ0) is 8.27. The van der Waals surface area contributed by atoms with E-state index in [1.165, 1.54) is 6.33 Å². The fourth-order valence-corrected chi connectivity index (χ4v) is 0.699. The lowest BCUT2D eigenvalue weighted by Crippen LogP contribution is -2.02. The summed E-state index contributed by atoms with van der Waals surface area (Å²) in [5, 5.41) is 11.3. The third kappa shape index (κ3) is 1.19. The molecule has 0 amide bonds. The molecule has 0 atom stereocenters. The number of nitrogens with zero attached hydrogens (tertiary/aromatic N) is 3. The molecule has 5 heteroatoms. The van der Waals surface area contributed by atoms with Crippen LogP contribution in [0.25, 0.3) is 0 Å². The van der Waals surface area contributed by atoms with E-state index in [9.17, 15) is 0 Å². The first-order chi connectivity index (χ1) is 5.29. The van der Waals surface area contributed by atoms with Gasteiger partial charge in [0, 0.05) is 7.05 Å². The number of hydrogen-bond donors (Lipinski definition) is 2. The average Bonchev–Trinajstić information content (AvgIpc) is 2.04. The van der Waals surface area contributed by atoms with Gasteiger partial charge in [-0.3, -0.25) is 0 Å². The minimum absolute atomic E-state index is 0.201. The number of nitrogen functional groups attached to an aromatic ring is 1. The highest BCUT2D eigenvalue weighted by Gasteiger charge is 2.04. The van der Waals surface area contributed by atoms with Crippen LogP contribution < -0.4 is 11.1 Å². The number of hydrogen-bond acceptors (Lipinski definition) is 5. The molecule has 0 spiro atoms. The highest BCUT2D eigenvalue weighted by atomic mass is 15.0. The SMILES string of the molecule is CNc1ncnc(N)c1C#N. The smallest absolute Gasteiger partial charge is 0.149 e. The molecule has 0 radical (unpaired) electrons. The van der Waals surface area contributed by atoms with Gasteiger partial charge in [0.15, 0.2) is 0 Å². The van der Waals surface area contributed by atoms with E-state index in [1.54, 1.807) is 7.05 Å². The van der Waals surface area contributed by atoms with Crippen molar-refractivity contribution in [2.75, 3.05) is 18.1 Å². The molecule has 5 nitrogen and oxygen atoms in total. The van der Waals surface area contributed by atoms with Crippen molar-refractivity contribution >= 4 is 11.6 Å². The molecule has 1 heterocycles. The van der Waals surface area contributed by atoms with Crippen molar-refractivity contribution in [1.82, 2.24) is 9.97 Å². The lowest BCUT2D eigenvalue weighted by Gasteiger charge is -2.01. The summed E-state index contributed by atoms with van der Waals surface area (Å²) in [5.41, 5.74) is 5.68. The molecule has 1 aromatic rings. The maximum absolute atomic E-state index is 8.58. The number of anilines is 2. The highest BCUT2D eigenvalue weighted by Crippen LogP contribution is 2.13. The molecule has 11 heavy (non-hydrogen) atoms. The minimum atomic E-state index is 0.201. The molecule has 0 aliphatic rings. The molecule has 0 aliphatic heterocycles. The fourth-order valence-electron chi connectivity index (χ4n) is 0.699. The van der Waals surface area contributed by atoms with Crippen LogP contribution in [0, 0.1) is 11.3 Å². The van der Waals surface area contributed by atoms with E-state index in [0.717, 1.165) is 0 Å². The second-order valence-electron chi connectivity index (χ2n) is 1.84. The van der Waals surface area contributed by atoms with E-state index >= 15 is 0 Å². The van der Waals surface area contributed by atoms with Gasteiger partial charge in [-0.05, 0) is 0 Å². The number of nitrogens with two attached hydrogens (primary N) is 1. The van der Waals surface area contributed by atoms with Crippen LogP contribution in [0.1, 0.15) is 5.56 Å². The van der Waals surface area contributed by atoms with E-state index in [4.69, 9.17) is 11.0 Å². The summed E-state index contributed by atoms with van der Waals surface area (Å²) >= 11 is 0. The van der Waals surface area contributed by atoms with Gasteiger partial charge < -0.3 is 11.1 Å². The summed E-state index contributed by atoms with van der Waals surface area (Å²) in [6.07, 6.45) is 1.31. The first-order valence-electron chi connectivity index (χ1n) is 2.98. The van der Waals surface area contributed by atoms with Gasteiger partial charge in [0.25, 0.3) is 0 Å². The van der Waals surface area contributed by atoms with Crippen LogP contribution in [-0.4, -0.2) is 17.0 Å². The number of rotatable bonds is 1. The molecule has 0 saturated carbocycles. The van der Waals surface area contributed by atoms with Gasteiger partial charge in [-0.1, -0.05) is 0 Å². The number of aromatic nitrogens is 2. The zero-order valence-corrected chi connectivity index (χ0v) is 6.00. The van der Waals surface area contributed by atoms with Crippen molar-refractivity contribution in [3.8, 4) is 6.07 Å². The molecule has 0 aliphatic carbocycles. The van der Waals surface area contributed by atoms with Gasteiger partial charge in [-0.25, -0.2) is 9.97 Å². The van der Waals surface area contributed by atoms with Crippen LogP contribution in [0.2, 0.25) is 0 Å². The summed E-state index contributed by atoms with van der Waals surface area (Å²) in [4.78, 5) is 7.47. The van der Waals surface area contributed by atoms with E-state index < -0.39 is 0 Å². The lowest BCUT2D eigenvalue weighted by atomic mass is 10.3. The molecule has 0 saturated heterocycles. The summed E-state index contributed by atoms with van der Waals surface area (Å²) in [7, 11) is 1.67. The van der Waals surface area contributed by atoms with Crippen molar-refractivity contribution in [1.29, 1.82) is 5.26 Å². The quantitative estimate of drug-likeness (QED) is 0.585. The number of nitriles is 1. The molecular weight excluding hydrogens is 142 g/mol. The van der Waals surface area contributed by atoms with E-state index in [-0.39, 0.29) is 11.4 Å². The molecule has 0 fully saturated rings. The second kappa shape index (κ2) is 2.84. The topological polar surface area (TPSA) is 87.6 Å². The maximum Gasteiger partial charge on any atom is 0.149 e. The summed E-state index contributed by atoms with van der Waals surface area (Å²) in [6.45, 7) is 0. The van der Waals surface area contributed by atoms with Gasteiger partial charge in [0.1, 0.15) is 29.6 Å². The molecule has 1 aromatic heterocycles. The predicted molar refractivity (Wildman–Crippen MR) is 40.7 cm³/mol. The monoisotopic (exact) mass is 149 g/mol. The van der Waals surface area contributed by atoms with E-state index in [2.05, 4.69) is 15.3 Å². The van der Waals surface area contributed by atoms with Gasteiger partial charge >= 0.3 is 0 Å². The third-order valence-electron chi connectivity index (χ3n) is 1.23. The van der Waals surface area contributed by atoms with Crippen molar-refractivity contribution in [2.24, 2.45) is 0 Å². The Balaban J connectivity index is 3.27. The van der Waals surface area contributed by atoms with E-state index in [1.807, 2.05) is 6.07 Å². The normalized spacial score (nSPS) is 8.73.